The van der Waals surface area contributed by atoms with Crippen LogP contribution in [0.15, 0.2) is 36.5 Å². The maximum absolute atomic E-state index is 13.2. The molecule has 4 N–H and O–H groups in total. The highest BCUT2D eigenvalue weighted by Gasteiger charge is 2.34. The van der Waals surface area contributed by atoms with Gasteiger partial charge in [-0.25, -0.2) is 4.98 Å². The number of aromatic amines is 1. The fraction of sp³-hybridized carbons (Fsp3) is 0.375. The minimum atomic E-state index is -0.649. The van der Waals surface area contributed by atoms with E-state index in [0.717, 1.165) is 40.6 Å². The van der Waals surface area contributed by atoms with Gasteiger partial charge in [0.2, 0.25) is 0 Å². The number of nitrogens with two attached hydrogens (primary N) is 1. The number of carbonyl (C=O) groups excluding carboxylic acids is 2. The van der Waals surface area contributed by atoms with Crippen LogP contribution in [0.25, 0.3) is 10.9 Å². The van der Waals surface area contributed by atoms with Crippen molar-refractivity contribution in [1.82, 2.24) is 14.9 Å². The number of carbonyl (C=O) groups is 2. The Balaban J connectivity index is 1.57. The standard InChI is InChI=1S/C24H29N5O2/c1-4-16-10-19(12-26-22(16)25)28-23(30)24(31)29-13-14(2)5-8-21(29)18-7-6-17-9-15(3)27-20(17)11-18/h6-7,9-12,14,21,27H,4-5,8,13H2,1-3H3,(H2,25,26)(H,28,30)/t14-,21?/m0/s1. The zero-order chi connectivity index (χ0) is 22.1. The van der Waals surface area contributed by atoms with E-state index < -0.39 is 11.8 Å². The van der Waals surface area contributed by atoms with Crippen LogP contribution in [-0.2, 0) is 16.0 Å². The van der Waals surface area contributed by atoms with Gasteiger partial charge in [0.1, 0.15) is 5.82 Å². The van der Waals surface area contributed by atoms with E-state index in [1.54, 1.807) is 11.0 Å². The highest BCUT2D eigenvalue weighted by Crippen LogP contribution is 2.35. The van der Waals surface area contributed by atoms with Crippen LogP contribution >= 0.6 is 0 Å². The second kappa shape index (κ2) is 8.41. The van der Waals surface area contributed by atoms with Gasteiger partial charge in [-0.2, -0.15) is 0 Å². The first kappa shape index (κ1) is 20.9. The molecular formula is C24H29N5O2. The number of fused-ring (bicyclic) bond motifs is 1. The van der Waals surface area contributed by atoms with E-state index in [1.165, 1.54) is 6.20 Å². The molecule has 1 aliphatic heterocycles. The average molecular weight is 420 g/mol. The summed E-state index contributed by atoms with van der Waals surface area (Å²) in [5.74, 6) is -0.389. The number of likely N-dealkylation sites (tertiary alicyclic amines) is 1. The topological polar surface area (TPSA) is 104 Å². The van der Waals surface area contributed by atoms with Crippen molar-refractivity contribution in [3.8, 4) is 0 Å². The molecule has 7 heteroatoms. The van der Waals surface area contributed by atoms with Gasteiger partial charge in [0.15, 0.2) is 0 Å². The zero-order valence-corrected chi connectivity index (χ0v) is 18.2. The molecule has 0 saturated carbocycles. The molecule has 3 aromatic rings. The monoisotopic (exact) mass is 419 g/mol. The predicted molar refractivity (Wildman–Crippen MR) is 123 cm³/mol. The molecule has 1 unspecified atom stereocenters. The van der Waals surface area contributed by atoms with E-state index in [9.17, 15) is 9.59 Å². The summed E-state index contributed by atoms with van der Waals surface area (Å²) >= 11 is 0. The number of amides is 2. The molecule has 4 rings (SSSR count). The first-order valence-electron chi connectivity index (χ1n) is 10.8. The lowest BCUT2D eigenvalue weighted by Crippen LogP contribution is -2.46. The third-order valence-corrected chi connectivity index (χ3v) is 6.08. The lowest BCUT2D eigenvalue weighted by molar-refractivity contribution is -0.146. The number of aryl methyl sites for hydroxylation is 2. The Labute approximate surface area is 182 Å². The van der Waals surface area contributed by atoms with Gasteiger partial charge in [-0.1, -0.05) is 26.0 Å². The number of pyridine rings is 1. The smallest absolute Gasteiger partial charge is 0.313 e. The third kappa shape index (κ3) is 4.26. The number of hydrogen-bond donors (Lipinski definition) is 3. The van der Waals surface area contributed by atoms with Crippen molar-refractivity contribution in [2.24, 2.45) is 5.92 Å². The maximum atomic E-state index is 13.2. The number of nitrogen functional groups attached to an aromatic ring is 1. The second-order valence-corrected chi connectivity index (χ2v) is 8.53. The van der Waals surface area contributed by atoms with Crippen molar-refractivity contribution in [2.75, 3.05) is 17.6 Å². The van der Waals surface area contributed by atoms with Crippen LogP contribution in [-0.4, -0.2) is 33.2 Å². The first-order valence-corrected chi connectivity index (χ1v) is 10.8. The number of hydrogen-bond acceptors (Lipinski definition) is 4. The normalized spacial score (nSPS) is 18.9. The molecule has 2 aromatic heterocycles. The molecule has 2 amide bonds. The average Bonchev–Trinajstić information content (AvgIpc) is 3.13. The molecule has 1 fully saturated rings. The van der Waals surface area contributed by atoms with Crippen LogP contribution in [0.4, 0.5) is 11.5 Å². The highest BCUT2D eigenvalue weighted by molar-refractivity contribution is 6.39. The first-order chi connectivity index (χ1) is 14.9. The van der Waals surface area contributed by atoms with E-state index in [0.29, 0.717) is 30.4 Å². The Bertz CT molecular complexity index is 1140. The predicted octanol–water partition coefficient (Wildman–Crippen LogP) is 3.95. The van der Waals surface area contributed by atoms with Crippen LogP contribution in [0.3, 0.4) is 0 Å². The van der Waals surface area contributed by atoms with Crippen LogP contribution in [0.5, 0.6) is 0 Å². The van der Waals surface area contributed by atoms with E-state index in [2.05, 4.69) is 46.5 Å². The fourth-order valence-electron chi connectivity index (χ4n) is 4.41. The summed E-state index contributed by atoms with van der Waals surface area (Å²) in [4.78, 5) is 35.2. The Hall–Kier alpha value is -3.35. The Morgan fingerprint density at radius 1 is 1.26 bits per heavy atom. The van der Waals surface area contributed by atoms with Gasteiger partial charge in [0.25, 0.3) is 0 Å². The van der Waals surface area contributed by atoms with Crippen LogP contribution in [0, 0.1) is 12.8 Å². The molecule has 31 heavy (non-hydrogen) atoms. The molecule has 0 bridgehead atoms. The van der Waals surface area contributed by atoms with Crippen molar-refractivity contribution in [2.45, 2.75) is 46.1 Å². The van der Waals surface area contributed by atoms with Crippen LogP contribution in [0.1, 0.15) is 49.6 Å². The summed E-state index contributed by atoms with van der Waals surface area (Å²) in [7, 11) is 0. The van der Waals surface area contributed by atoms with Crippen LogP contribution < -0.4 is 11.1 Å². The summed E-state index contributed by atoms with van der Waals surface area (Å²) in [6, 6.07) is 9.97. The highest BCUT2D eigenvalue weighted by atomic mass is 16.2. The van der Waals surface area contributed by atoms with Crippen molar-refractivity contribution in [1.29, 1.82) is 0 Å². The van der Waals surface area contributed by atoms with E-state index >= 15 is 0 Å². The lowest BCUT2D eigenvalue weighted by Gasteiger charge is -2.38. The number of aromatic nitrogens is 2. The molecular weight excluding hydrogens is 390 g/mol. The summed E-state index contributed by atoms with van der Waals surface area (Å²) in [6.07, 6.45) is 4.02. The number of anilines is 2. The second-order valence-electron chi connectivity index (χ2n) is 8.53. The van der Waals surface area contributed by atoms with Gasteiger partial charge in [0.05, 0.1) is 17.9 Å². The van der Waals surface area contributed by atoms with Gasteiger partial charge in [-0.3, -0.25) is 9.59 Å². The molecule has 1 saturated heterocycles. The number of piperidine rings is 1. The van der Waals surface area contributed by atoms with Gasteiger partial charge in [-0.15, -0.1) is 0 Å². The van der Waals surface area contributed by atoms with Crippen molar-refractivity contribution in [3.05, 3.63) is 53.3 Å². The largest absolute Gasteiger partial charge is 0.383 e. The number of nitrogens with one attached hydrogen (secondary N) is 2. The molecule has 0 spiro atoms. The molecule has 1 aromatic carbocycles. The van der Waals surface area contributed by atoms with E-state index in [4.69, 9.17) is 5.73 Å². The van der Waals surface area contributed by atoms with Gasteiger partial charge < -0.3 is 20.9 Å². The minimum Gasteiger partial charge on any atom is -0.383 e. The van der Waals surface area contributed by atoms with E-state index in [1.807, 2.05) is 13.8 Å². The van der Waals surface area contributed by atoms with Gasteiger partial charge in [0, 0.05) is 17.8 Å². The molecule has 3 heterocycles. The quantitative estimate of drug-likeness (QED) is 0.559. The maximum Gasteiger partial charge on any atom is 0.313 e. The molecule has 162 valence electrons. The number of benzene rings is 1. The molecule has 1 aliphatic rings. The van der Waals surface area contributed by atoms with E-state index in [-0.39, 0.29) is 6.04 Å². The molecule has 2 atom stereocenters. The lowest BCUT2D eigenvalue weighted by atomic mass is 9.89. The molecule has 0 radical (unpaired) electrons. The summed E-state index contributed by atoms with van der Waals surface area (Å²) in [6.45, 7) is 6.66. The summed E-state index contributed by atoms with van der Waals surface area (Å²) < 4.78 is 0. The number of rotatable bonds is 3. The molecule has 0 aliphatic carbocycles. The Morgan fingerprint density at radius 2 is 2.06 bits per heavy atom. The summed E-state index contributed by atoms with van der Waals surface area (Å²) in [5.41, 5.74) is 10.4. The van der Waals surface area contributed by atoms with Crippen molar-refractivity contribution < 1.29 is 9.59 Å². The van der Waals surface area contributed by atoms with Gasteiger partial charge in [-0.05, 0) is 66.8 Å². The number of H-pyrrole nitrogens is 1. The Morgan fingerprint density at radius 3 is 2.84 bits per heavy atom. The zero-order valence-electron chi connectivity index (χ0n) is 18.2. The summed E-state index contributed by atoms with van der Waals surface area (Å²) in [5, 5.41) is 3.85. The van der Waals surface area contributed by atoms with Gasteiger partial charge >= 0.3 is 11.8 Å². The van der Waals surface area contributed by atoms with Crippen molar-refractivity contribution >= 4 is 34.2 Å². The van der Waals surface area contributed by atoms with Crippen molar-refractivity contribution in [3.63, 3.8) is 0 Å². The third-order valence-electron chi connectivity index (χ3n) is 6.08. The Kier molecular flexibility index (Phi) is 5.67. The van der Waals surface area contributed by atoms with Crippen LogP contribution in [0.2, 0.25) is 0 Å². The minimum absolute atomic E-state index is 0.127. The number of nitrogens with zero attached hydrogens (tertiary/aromatic N) is 2. The molecule has 7 nitrogen and oxygen atoms in total. The SMILES string of the molecule is CCc1cc(NC(=O)C(=O)N2C[C@@H](C)CCC2c2ccc3cc(C)[nH]c3c2)cnc1N. The fourth-order valence-corrected chi connectivity index (χ4v) is 4.41.